The monoisotopic (exact) mass is 322 g/mol. The molecule has 0 fully saturated rings. The smallest absolute Gasteiger partial charge is 0.124 e. The third-order valence-electron chi connectivity index (χ3n) is 2.85. The first kappa shape index (κ1) is 13.8. The zero-order valence-corrected chi connectivity index (χ0v) is 12.3. The molecule has 0 spiro atoms. The molecule has 2 N–H and O–H groups in total. The van der Waals surface area contributed by atoms with E-state index in [9.17, 15) is 0 Å². The standard InChI is InChI=1S/C14H15BrN2O2/c1-18-9-5-6-12(19-2)10(8-9)13(16)14-11(15)4-3-7-17-14/h3-8,13H,16H2,1-2H3. The zero-order chi connectivity index (χ0) is 13.8. The summed E-state index contributed by atoms with van der Waals surface area (Å²) in [4.78, 5) is 4.32. The number of nitrogens with two attached hydrogens (primary N) is 1. The molecule has 1 aromatic carbocycles. The fraction of sp³-hybridized carbons (Fsp3) is 0.214. The van der Waals surface area contributed by atoms with Gasteiger partial charge in [-0.05, 0) is 46.3 Å². The Hall–Kier alpha value is -1.59. The van der Waals surface area contributed by atoms with E-state index < -0.39 is 0 Å². The first-order valence-corrected chi connectivity index (χ1v) is 6.54. The van der Waals surface area contributed by atoms with Gasteiger partial charge in [0.2, 0.25) is 0 Å². The highest BCUT2D eigenvalue weighted by atomic mass is 79.9. The van der Waals surface area contributed by atoms with E-state index in [1.165, 1.54) is 0 Å². The van der Waals surface area contributed by atoms with E-state index in [0.717, 1.165) is 21.5 Å². The molecule has 0 aliphatic heterocycles. The predicted molar refractivity (Wildman–Crippen MR) is 77.5 cm³/mol. The highest BCUT2D eigenvalue weighted by Crippen LogP contribution is 2.33. The summed E-state index contributed by atoms with van der Waals surface area (Å²) in [6, 6.07) is 8.91. The van der Waals surface area contributed by atoms with Crippen LogP contribution in [0.1, 0.15) is 17.3 Å². The van der Waals surface area contributed by atoms with E-state index in [-0.39, 0.29) is 6.04 Å². The lowest BCUT2D eigenvalue weighted by Gasteiger charge is -2.17. The van der Waals surface area contributed by atoms with Crippen molar-refractivity contribution in [3.63, 3.8) is 0 Å². The van der Waals surface area contributed by atoms with Crippen LogP contribution in [0.4, 0.5) is 0 Å². The van der Waals surface area contributed by atoms with E-state index >= 15 is 0 Å². The van der Waals surface area contributed by atoms with Gasteiger partial charge in [0.05, 0.1) is 26.0 Å². The van der Waals surface area contributed by atoms with Crippen LogP contribution in [0.3, 0.4) is 0 Å². The van der Waals surface area contributed by atoms with Crippen LogP contribution < -0.4 is 15.2 Å². The number of hydrogen-bond acceptors (Lipinski definition) is 4. The molecule has 0 radical (unpaired) electrons. The van der Waals surface area contributed by atoms with E-state index in [1.54, 1.807) is 20.4 Å². The minimum absolute atomic E-state index is 0.388. The van der Waals surface area contributed by atoms with Crippen molar-refractivity contribution < 1.29 is 9.47 Å². The summed E-state index contributed by atoms with van der Waals surface area (Å²) >= 11 is 3.46. The van der Waals surface area contributed by atoms with Crippen molar-refractivity contribution in [1.29, 1.82) is 0 Å². The van der Waals surface area contributed by atoms with Gasteiger partial charge in [0.1, 0.15) is 11.5 Å². The molecule has 0 saturated heterocycles. The van der Waals surface area contributed by atoms with E-state index in [2.05, 4.69) is 20.9 Å². The fourth-order valence-electron chi connectivity index (χ4n) is 1.86. The van der Waals surface area contributed by atoms with Crippen molar-refractivity contribution in [1.82, 2.24) is 4.98 Å². The summed E-state index contributed by atoms with van der Waals surface area (Å²) in [5.41, 5.74) is 7.88. The second kappa shape index (κ2) is 6.04. The number of benzene rings is 1. The third kappa shape index (κ3) is 2.88. The number of pyridine rings is 1. The first-order chi connectivity index (χ1) is 9.17. The Kier molecular flexibility index (Phi) is 4.39. The molecule has 2 aromatic rings. The lowest BCUT2D eigenvalue weighted by atomic mass is 10.0. The molecule has 0 bridgehead atoms. The highest BCUT2D eigenvalue weighted by molar-refractivity contribution is 9.10. The van der Waals surface area contributed by atoms with Crippen molar-refractivity contribution in [2.45, 2.75) is 6.04 Å². The molecule has 100 valence electrons. The molecular weight excluding hydrogens is 308 g/mol. The number of hydrogen-bond donors (Lipinski definition) is 1. The average molecular weight is 323 g/mol. The van der Waals surface area contributed by atoms with Crippen LogP contribution in [0.25, 0.3) is 0 Å². The maximum Gasteiger partial charge on any atom is 0.124 e. The summed E-state index contributed by atoms with van der Waals surface area (Å²) in [5, 5.41) is 0. The molecule has 1 unspecified atom stereocenters. The second-order valence-corrected chi connectivity index (χ2v) is 4.81. The van der Waals surface area contributed by atoms with Gasteiger partial charge in [-0.1, -0.05) is 0 Å². The molecule has 0 aliphatic carbocycles. The van der Waals surface area contributed by atoms with Gasteiger partial charge in [-0.3, -0.25) is 4.98 Å². The molecule has 4 nitrogen and oxygen atoms in total. The van der Waals surface area contributed by atoms with Crippen LogP contribution in [0.5, 0.6) is 11.5 Å². The number of halogens is 1. The minimum atomic E-state index is -0.388. The van der Waals surface area contributed by atoms with Gasteiger partial charge >= 0.3 is 0 Å². The van der Waals surface area contributed by atoms with E-state index in [0.29, 0.717) is 5.75 Å². The molecule has 0 saturated carbocycles. The van der Waals surface area contributed by atoms with Crippen molar-refractivity contribution in [2.24, 2.45) is 5.73 Å². The Bertz CT molecular complexity index is 575. The van der Waals surface area contributed by atoms with Crippen LogP contribution in [-0.2, 0) is 0 Å². The molecule has 19 heavy (non-hydrogen) atoms. The van der Waals surface area contributed by atoms with Crippen molar-refractivity contribution in [3.05, 3.63) is 52.3 Å². The Morgan fingerprint density at radius 3 is 2.63 bits per heavy atom. The molecule has 5 heteroatoms. The molecule has 1 heterocycles. The molecule has 1 atom stereocenters. The number of ether oxygens (including phenoxy) is 2. The Labute approximate surface area is 120 Å². The first-order valence-electron chi connectivity index (χ1n) is 5.75. The van der Waals surface area contributed by atoms with Gasteiger partial charge < -0.3 is 15.2 Å². The largest absolute Gasteiger partial charge is 0.497 e. The summed E-state index contributed by atoms with van der Waals surface area (Å²) < 4.78 is 11.4. The minimum Gasteiger partial charge on any atom is -0.497 e. The van der Waals surface area contributed by atoms with Gasteiger partial charge in [0.15, 0.2) is 0 Å². The quantitative estimate of drug-likeness (QED) is 0.940. The highest BCUT2D eigenvalue weighted by Gasteiger charge is 2.18. The number of rotatable bonds is 4. The van der Waals surface area contributed by atoms with Gasteiger partial charge in [0.25, 0.3) is 0 Å². The van der Waals surface area contributed by atoms with Gasteiger partial charge in [-0.25, -0.2) is 0 Å². The van der Waals surface area contributed by atoms with Crippen molar-refractivity contribution in [2.75, 3.05) is 14.2 Å². The van der Waals surface area contributed by atoms with E-state index in [1.807, 2.05) is 30.3 Å². The topological polar surface area (TPSA) is 57.4 Å². The Balaban J connectivity index is 2.48. The summed E-state index contributed by atoms with van der Waals surface area (Å²) in [7, 11) is 3.24. The van der Waals surface area contributed by atoms with Gasteiger partial charge in [-0.15, -0.1) is 0 Å². The van der Waals surface area contributed by atoms with E-state index in [4.69, 9.17) is 15.2 Å². The Morgan fingerprint density at radius 2 is 2.00 bits per heavy atom. The maximum absolute atomic E-state index is 6.29. The molecule has 2 rings (SSSR count). The predicted octanol–water partition coefficient (Wildman–Crippen LogP) is 2.91. The normalized spacial score (nSPS) is 12.0. The Morgan fingerprint density at radius 1 is 1.21 bits per heavy atom. The molecular formula is C14H15BrN2O2. The second-order valence-electron chi connectivity index (χ2n) is 3.96. The third-order valence-corrected chi connectivity index (χ3v) is 3.52. The van der Waals surface area contributed by atoms with Crippen LogP contribution in [0, 0.1) is 0 Å². The van der Waals surface area contributed by atoms with Gasteiger partial charge in [0, 0.05) is 16.2 Å². The van der Waals surface area contributed by atoms with Crippen LogP contribution in [-0.4, -0.2) is 19.2 Å². The molecule has 1 aromatic heterocycles. The van der Waals surface area contributed by atoms with Crippen LogP contribution in [0.15, 0.2) is 41.0 Å². The average Bonchev–Trinajstić information content (AvgIpc) is 2.46. The maximum atomic E-state index is 6.29. The summed E-state index contributed by atoms with van der Waals surface area (Å²) in [6.45, 7) is 0. The zero-order valence-electron chi connectivity index (χ0n) is 10.8. The number of methoxy groups -OCH3 is 2. The lowest BCUT2D eigenvalue weighted by molar-refractivity contribution is 0.397. The lowest BCUT2D eigenvalue weighted by Crippen LogP contribution is -2.15. The van der Waals surface area contributed by atoms with Crippen LogP contribution >= 0.6 is 15.9 Å². The summed E-state index contributed by atoms with van der Waals surface area (Å²) in [6.07, 6.45) is 1.71. The van der Waals surface area contributed by atoms with Crippen LogP contribution in [0.2, 0.25) is 0 Å². The van der Waals surface area contributed by atoms with Crippen molar-refractivity contribution in [3.8, 4) is 11.5 Å². The van der Waals surface area contributed by atoms with Gasteiger partial charge in [-0.2, -0.15) is 0 Å². The number of aromatic nitrogens is 1. The number of nitrogens with zero attached hydrogens (tertiary/aromatic N) is 1. The molecule has 0 aliphatic rings. The SMILES string of the molecule is COc1ccc(OC)c(C(N)c2ncccc2Br)c1. The van der Waals surface area contributed by atoms with Crippen molar-refractivity contribution >= 4 is 15.9 Å². The molecule has 0 amide bonds. The summed E-state index contributed by atoms with van der Waals surface area (Å²) in [5.74, 6) is 1.45. The fourth-order valence-corrected chi connectivity index (χ4v) is 2.36.